The summed E-state index contributed by atoms with van der Waals surface area (Å²) in [4.78, 5) is 24.1. The highest BCUT2D eigenvalue weighted by Gasteiger charge is 2.35. The third kappa shape index (κ3) is 3.58. The van der Waals surface area contributed by atoms with Gasteiger partial charge in [0.2, 0.25) is 5.91 Å². The SMILES string of the molecule is Cl.Cn1cc([C@H]2CNC[C@@H]2C(=O)Nc2ccccc2C(N)=O)cn1. The van der Waals surface area contributed by atoms with Gasteiger partial charge in [0, 0.05) is 32.3 Å². The molecule has 0 unspecified atom stereocenters. The summed E-state index contributed by atoms with van der Waals surface area (Å²) < 4.78 is 1.73. The Hall–Kier alpha value is -2.38. The lowest BCUT2D eigenvalue weighted by atomic mass is 9.90. The van der Waals surface area contributed by atoms with E-state index in [0.29, 0.717) is 17.8 Å². The molecule has 7 nitrogen and oxygen atoms in total. The van der Waals surface area contributed by atoms with Crippen molar-refractivity contribution in [3.8, 4) is 0 Å². The number of amides is 2. The first-order valence-electron chi connectivity index (χ1n) is 7.45. The Kier molecular flexibility index (Phi) is 5.58. The molecule has 1 aromatic carbocycles. The minimum Gasteiger partial charge on any atom is -0.366 e. The fraction of sp³-hybridized carbons (Fsp3) is 0.312. The predicted molar refractivity (Wildman–Crippen MR) is 93.1 cm³/mol. The minimum atomic E-state index is -0.561. The molecule has 8 heteroatoms. The summed E-state index contributed by atoms with van der Waals surface area (Å²) in [7, 11) is 1.85. The number of benzene rings is 1. The summed E-state index contributed by atoms with van der Waals surface area (Å²) in [6.07, 6.45) is 3.71. The second-order valence-corrected chi connectivity index (χ2v) is 5.72. The average Bonchev–Trinajstić information content (AvgIpc) is 3.15. The molecular weight excluding hydrogens is 330 g/mol. The van der Waals surface area contributed by atoms with Gasteiger partial charge < -0.3 is 16.4 Å². The molecule has 0 spiro atoms. The van der Waals surface area contributed by atoms with E-state index in [-0.39, 0.29) is 30.2 Å². The number of carbonyl (C=O) groups is 2. The average molecular weight is 350 g/mol. The zero-order valence-electron chi connectivity index (χ0n) is 13.2. The molecule has 0 saturated carbocycles. The number of para-hydroxylation sites is 1. The van der Waals surface area contributed by atoms with E-state index in [0.717, 1.165) is 12.1 Å². The van der Waals surface area contributed by atoms with Gasteiger partial charge in [-0.05, 0) is 17.7 Å². The summed E-state index contributed by atoms with van der Waals surface area (Å²) in [6, 6.07) is 6.75. The van der Waals surface area contributed by atoms with Crippen LogP contribution >= 0.6 is 12.4 Å². The van der Waals surface area contributed by atoms with Crippen LogP contribution in [0.4, 0.5) is 5.69 Å². The fourth-order valence-electron chi connectivity index (χ4n) is 2.97. The van der Waals surface area contributed by atoms with Gasteiger partial charge in [-0.15, -0.1) is 12.4 Å². The Bertz CT molecular complexity index is 746. The Morgan fingerprint density at radius 3 is 2.75 bits per heavy atom. The summed E-state index contributed by atoms with van der Waals surface area (Å²) in [5, 5.41) is 10.3. The molecule has 0 aliphatic carbocycles. The van der Waals surface area contributed by atoms with Crippen molar-refractivity contribution >= 4 is 29.9 Å². The number of carbonyl (C=O) groups excluding carboxylic acids is 2. The van der Waals surface area contributed by atoms with Gasteiger partial charge >= 0.3 is 0 Å². The maximum absolute atomic E-state index is 12.6. The highest BCUT2D eigenvalue weighted by Crippen LogP contribution is 2.29. The zero-order chi connectivity index (χ0) is 16.4. The molecule has 0 bridgehead atoms. The molecule has 3 rings (SSSR count). The number of halogens is 1. The van der Waals surface area contributed by atoms with Gasteiger partial charge in [-0.25, -0.2) is 0 Å². The van der Waals surface area contributed by atoms with Gasteiger partial charge in [-0.1, -0.05) is 12.1 Å². The lowest BCUT2D eigenvalue weighted by molar-refractivity contribution is -0.119. The molecule has 24 heavy (non-hydrogen) atoms. The molecule has 2 amide bonds. The van der Waals surface area contributed by atoms with Crippen molar-refractivity contribution in [3.05, 3.63) is 47.8 Å². The van der Waals surface area contributed by atoms with Crippen molar-refractivity contribution in [1.82, 2.24) is 15.1 Å². The van der Waals surface area contributed by atoms with Crippen molar-refractivity contribution in [2.45, 2.75) is 5.92 Å². The van der Waals surface area contributed by atoms with E-state index < -0.39 is 5.91 Å². The van der Waals surface area contributed by atoms with Gasteiger partial charge in [-0.2, -0.15) is 5.10 Å². The van der Waals surface area contributed by atoms with Crippen molar-refractivity contribution in [2.75, 3.05) is 18.4 Å². The van der Waals surface area contributed by atoms with E-state index >= 15 is 0 Å². The van der Waals surface area contributed by atoms with Crippen LogP contribution in [0.25, 0.3) is 0 Å². The Balaban J connectivity index is 0.00000208. The first-order chi connectivity index (χ1) is 11.1. The number of aromatic nitrogens is 2. The number of anilines is 1. The van der Waals surface area contributed by atoms with Crippen LogP contribution in [0, 0.1) is 5.92 Å². The molecule has 0 radical (unpaired) electrons. The van der Waals surface area contributed by atoms with E-state index in [1.165, 1.54) is 0 Å². The van der Waals surface area contributed by atoms with Gasteiger partial charge in [0.15, 0.2) is 0 Å². The molecule has 1 fully saturated rings. The van der Waals surface area contributed by atoms with E-state index in [1.54, 1.807) is 35.1 Å². The number of nitrogens with two attached hydrogens (primary N) is 1. The number of nitrogens with one attached hydrogen (secondary N) is 2. The van der Waals surface area contributed by atoms with Crippen LogP contribution in [-0.4, -0.2) is 34.7 Å². The fourth-order valence-corrected chi connectivity index (χ4v) is 2.97. The second-order valence-electron chi connectivity index (χ2n) is 5.72. The lowest BCUT2D eigenvalue weighted by Crippen LogP contribution is -2.29. The molecule has 4 N–H and O–H groups in total. The largest absolute Gasteiger partial charge is 0.366 e. The van der Waals surface area contributed by atoms with Gasteiger partial charge in [0.25, 0.3) is 5.91 Å². The standard InChI is InChI=1S/C16H19N5O2.ClH/c1-21-9-10(6-19-21)12-7-18-8-13(12)16(23)20-14-5-3-2-4-11(14)15(17)22;/h2-6,9,12-13,18H,7-8H2,1H3,(H2,17,22)(H,20,23);1H/t12-,13+;/m1./s1. The highest BCUT2D eigenvalue weighted by molar-refractivity contribution is 6.03. The van der Waals surface area contributed by atoms with Crippen LogP contribution in [0.1, 0.15) is 21.8 Å². The molecule has 1 aliphatic rings. The number of hydrogen-bond donors (Lipinski definition) is 3. The third-order valence-corrected chi connectivity index (χ3v) is 4.15. The topological polar surface area (TPSA) is 102 Å². The van der Waals surface area contributed by atoms with E-state index in [4.69, 9.17) is 5.73 Å². The molecule has 1 aromatic heterocycles. The Labute approximate surface area is 146 Å². The van der Waals surface area contributed by atoms with Crippen LogP contribution in [0.5, 0.6) is 0 Å². The molecule has 1 saturated heterocycles. The quantitative estimate of drug-likeness (QED) is 0.762. The van der Waals surface area contributed by atoms with Crippen LogP contribution in [0.3, 0.4) is 0 Å². The minimum absolute atomic E-state index is 0. The van der Waals surface area contributed by atoms with Crippen LogP contribution in [0.2, 0.25) is 0 Å². The van der Waals surface area contributed by atoms with Crippen LogP contribution in [0.15, 0.2) is 36.7 Å². The highest BCUT2D eigenvalue weighted by atomic mass is 35.5. The van der Waals surface area contributed by atoms with Gasteiger partial charge in [0.05, 0.1) is 23.4 Å². The van der Waals surface area contributed by atoms with Crippen molar-refractivity contribution in [3.63, 3.8) is 0 Å². The molecule has 2 atom stereocenters. The third-order valence-electron chi connectivity index (χ3n) is 4.15. The molecule has 2 heterocycles. The van der Waals surface area contributed by atoms with Gasteiger partial charge in [0.1, 0.15) is 0 Å². The van der Waals surface area contributed by atoms with Crippen molar-refractivity contribution in [2.24, 2.45) is 18.7 Å². The summed E-state index contributed by atoms with van der Waals surface area (Å²) in [6.45, 7) is 1.31. The number of hydrogen-bond acceptors (Lipinski definition) is 4. The number of rotatable bonds is 4. The first kappa shape index (κ1) is 18.0. The van der Waals surface area contributed by atoms with Crippen LogP contribution < -0.4 is 16.4 Å². The maximum Gasteiger partial charge on any atom is 0.250 e. The summed E-state index contributed by atoms with van der Waals surface area (Å²) >= 11 is 0. The first-order valence-corrected chi connectivity index (χ1v) is 7.45. The van der Waals surface area contributed by atoms with E-state index in [1.807, 2.05) is 13.2 Å². The number of nitrogens with zero attached hydrogens (tertiary/aromatic N) is 2. The van der Waals surface area contributed by atoms with Gasteiger partial charge in [-0.3, -0.25) is 14.3 Å². The Morgan fingerprint density at radius 1 is 1.33 bits per heavy atom. The molecule has 2 aromatic rings. The lowest BCUT2D eigenvalue weighted by Gasteiger charge is -2.18. The molecular formula is C16H20ClN5O2. The normalized spacial score (nSPS) is 19.5. The second kappa shape index (κ2) is 7.46. The predicted octanol–water partition coefficient (Wildman–Crippen LogP) is 0.882. The zero-order valence-corrected chi connectivity index (χ0v) is 14.0. The monoisotopic (exact) mass is 349 g/mol. The summed E-state index contributed by atoms with van der Waals surface area (Å²) in [5.41, 5.74) is 7.14. The molecule has 1 aliphatic heterocycles. The number of primary amides is 1. The molecule has 128 valence electrons. The maximum atomic E-state index is 12.6. The van der Waals surface area contributed by atoms with Crippen molar-refractivity contribution < 1.29 is 9.59 Å². The summed E-state index contributed by atoms with van der Waals surface area (Å²) in [5.74, 6) is -0.851. The van der Waals surface area contributed by atoms with Crippen LogP contribution in [-0.2, 0) is 11.8 Å². The van der Waals surface area contributed by atoms with Crippen molar-refractivity contribution in [1.29, 1.82) is 0 Å². The van der Waals surface area contributed by atoms with E-state index in [9.17, 15) is 9.59 Å². The van der Waals surface area contributed by atoms with E-state index in [2.05, 4.69) is 15.7 Å². The Morgan fingerprint density at radius 2 is 2.08 bits per heavy atom. The smallest absolute Gasteiger partial charge is 0.250 e. The number of aryl methyl sites for hydroxylation is 1.